The predicted octanol–water partition coefficient (Wildman–Crippen LogP) is 3.20. The summed E-state index contributed by atoms with van der Waals surface area (Å²) in [6.07, 6.45) is 1.52. The van der Waals surface area contributed by atoms with E-state index in [9.17, 15) is 12.8 Å². The Bertz CT molecular complexity index is 1080. The quantitative estimate of drug-likeness (QED) is 0.517. The van der Waals surface area contributed by atoms with Crippen molar-refractivity contribution in [1.29, 1.82) is 0 Å². The van der Waals surface area contributed by atoms with Crippen LogP contribution in [0.3, 0.4) is 0 Å². The fourth-order valence-electron chi connectivity index (χ4n) is 2.82. The lowest BCUT2D eigenvalue weighted by Crippen LogP contribution is -2.30. The fraction of sp³-hybridized carbons (Fsp3) is 0.333. The Balaban J connectivity index is 1.92. The average Bonchev–Trinajstić information content (AvgIpc) is 3.09. The van der Waals surface area contributed by atoms with Gasteiger partial charge in [0.15, 0.2) is 10.8 Å². The highest BCUT2D eigenvalue weighted by Crippen LogP contribution is 2.28. The van der Waals surface area contributed by atoms with Crippen molar-refractivity contribution in [3.8, 4) is 5.75 Å². The summed E-state index contributed by atoms with van der Waals surface area (Å²) < 4.78 is 47.4. The van der Waals surface area contributed by atoms with Crippen molar-refractivity contribution in [2.24, 2.45) is 0 Å². The summed E-state index contributed by atoms with van der Waals surface area (Å²) in [5, 5.41) is 8.72. The molecule has 1 aromatic carbocycles. The van der Waals surface area contributed by atoms with E-state index in [1.165, 1.54) is 47.6 Å². The molecular formula is C18H21FN4O3S2. The Labute approximate surface area is 167 Å². The van der Waals surface area contributed by atoms with Crippen LogP contribution in [0.5, 0.6) is 5.75 Å². The average molecular weight is 425 g/mol. The topological polar surface area (TPSA) is 76.8 Å². The van der Waals surface area contributed by atoms with Crippen molar-refractivity contribution in [2.75, 3.05) is 20.2 Å². The van der Waals surface area contributed by atoms with Crippen molar-refractivity contribution in [1.82, 2.24) is 18.9 Å². The van der Waals surface area contributed by atoms with E-state index in [-0.39, 0.29) is 10.7 Å². The van der Waals surface area contributed by atoms with E-state index in [0.717, 1.165) is 0 Å². The Morgan fingerprint density at radius 3 is 2.61 bits per heavy atom. The number of methoxy groups -OCH3 is 1. The number of aromatic nitrogens is 3. The van der Waals surface area contributed by atoms with E-state index in [0.29, 0.717) is 41.0 Å². The third kappa shape index (κ3) is 3.98. The molecule has 0 aliphatic heterocycles. The maximum atomic E-state index is 13.6. The number of halogens is 1. The minimum absolute atomic E-state index is 0.175. The smallest absolute Gasteiger partial charge is 0.244 e. The van der Waals surface area contributed by atoms with Crippen LogP contribution >= 0.6 is 11.8 Å². The highest BCUT2D eigenvalue weighted by Gasteiger charge is 2.23. The summed E-state index contributed by atoms with van der Waals surface area (Å²) in [6.45, 7) is 4.37. The third-order valence-corrected chi connectivity index (χ3v) is 7.31. The molecular weight excluding hydrogens is 403 g/mol. The number of hydrogen-bond donors (Lipinski definition) is 0. The molecule has 3 aromatic rings. The normalized spacial score (nSPS) is 12.0. The molecule has 0 atom stereocenters. The molecule has 0 bridgehead atoms. The van der Waals surface area contributed by atoms with Crippen molar-refractivity contribution < 1.29 is 17.5 Å². The van der Waals surface area contributed by atoms with Crippen LogP contribution in [0.1, 0.15) is 19.4 Å². The van der Waals surface area contributed by atoms with E-state index < -0.39 is 10.0 Å². The zero-order valence-electron chi connectivity index (χ0n) is 15.8. The van der Waals surface area contributed by atoms with Crippen LogP contribution in [0.25, 0.3) is 5.65 Å². The van der Waals surface area contributed by atoms with E-state index >= 15 is 0 Å². The summed E-state index contributed by atoms with van der Waals surface area (Å²) in [4.78, 5) is 0.175. The number of pyridine rings is 1. The van der Waals surface area contributed by atoms with Crippen LogP contribution in [0.4, 0.5) is 4.39 Å². The number of hydrogen-bond acceptors (Lipinski definition) is 6. The van der Waals surface area contributed by atoms with Gasteiger partial charge in [-0.2, -0.15) is 4.31 Å². The van der Waals surface area contributed by atoms with Gasteiger partial charge in [0.2, 0.25) is 10.0 Å². The summed E-state index contributed by atoms with van der Waals surface area (Å²) in [7, 11) is -2.07. The van der Waals surface area contributed by atoms with Crippen LogP contribution < -0.4 is 4.74 Å². The zero-order chi connectivity index (χ0) is 20.3. The van der Waals surface area contributed by atoms with Gasteiger partial charge in [0, 0.05) is 30.6 Å². The summed E-state index contributed by atoms with van der Waals surface area (Å²) in [5.74, 6) is 0.622. The minimum Gasteiger partial charge on any atom is -0.496 e. The van der Waals surface area contributed by atoms with Crippen molar-refractivity contribution in [3.05, 3.63) is 47.9 Å². The van der Waals surface area contributed by atoms with Crippen LogP contribution in [-0.4, -0.2) is 47.5 Å². The van der Waals surface area contributed by atoms with Crippen molar-refractivity contribution in [2.45, 2.75) is 29.7 Å². The zero-order valence-corrected chi connectivity index (χ0v) is 17.4. The second-order valence-corrected chi connectivity index (χ2v) is 8.79. The number of nitrogens with zero attached hydrogens (tertiary/aromatic N) is 4. The van der Waals surface area contributed by atoms with Gasteiger partial charge in [-0.1, -0.05) is 25.6 Å². The molecule has 3 rings (SSSR count). The molecule has 0 aliphatic rings. The van der Waals surface area contributed by atoms with E-state index in [4.69, 9.17) is 4.74 Å². The second kappa shape index (κ2) is 8.46. The first kappa shape index (κ1) is 20.6. The van der Waals surface area contributed by atoms with E-state index in [1.807, 2.05) is 0 Å². The van der Waals surface area contributed by atoms with Crippen molar-refractivity contribution in [3.63, 3.8) is 0 Å². The molecule has 0 unspecified atom stereocenters. The van der Waals surface area contributed by atoms with Gasteiger partial charge in [-0.05, 0) is 30.3 Å². The predicted molar refractivity (Wildman–Crippen MR) is 106 cm³/mol. The van der Waals surface area contributed by atoms with Gasteiger partial charge >= 0.3 is 0 Å². The molecule has 2 heterocycles. The lowest BCUT2D eigenvalue weighted by Gasteiger charge is -2.18. The number of sulfonamides is 1. The second-order valence-electron chi connectivity index (χ2n) is 5.91. The van der Waals surface area contributed by atoms with Crippen LogP contribution in [0.2, 0.25) is 0 Å². The SMILES string of the molecule is CCN(CC)S(=O)(=O)c1ccc2nnc(SCc3cc(F)ccc3OC)n2c1. The molecule has 0 N–H and O–H groups in total. The van der Waals surface area contributed by atoms with E-state index in [1.54, 1.807) is 30.4 Å². The Hall–Kier alpha value is -2.17. The lowest BCUT2D eigenvalue weighted by atomic mass is 10.2. The van der Waals surface area contributed by atoms with Crippen LogP contribution in [0, 0.1) is 5.82 Å². The highest BCUT2D eigenvalue weighted by molar-refractivity contribution is 7.98. The van der Waals surface area contributed by atoms with Gasteiger partial charge in [0.1, 0.15) is 11.6 Å². The lowest BCUT2D eigenvalue weighted by molar-refractivity contribution is 0.410. The molecule has 150 valence electrons. The largest absolute Gasteiger partial charge is 0.496 e. The van der Waals surface area contributed by atoms with Crippen LogP contribution in [0.15, 0.2) is 46.6 Å². The Morgan fingerprint density at radius 2 is 1.93 bits per heavy atom. The van der Waals surface area contributed by atoms with Gasteiger partial charge in [0.05, 0.1) is 12.0 Å². The molecule has 10 heteroatoms. The molecule has 0 fully saturated rings. The Kier molecular flexibility index (Phi) is 6.21. The number of ether oxygens (including phenoxy) is 1. The first-order valence-corrected chi connectivity index (χ1v) is 11.1. The molecule has 0 spiro atoms. The van der Waals surface area contributed by atoms with Gasteiger partial charge < -0.3 is 4.74 Å². The number of rotatable bonds is 8. The first-order valence-electron chi connectivity index (χ1n) is 8.70. The fourth-order valence-corrected chi connectivity index (χ4v) is 5.17. The molecule has 0 radical (unpaired) electrons. The Morgan fingerprint density at radius 1 is 1.18 bits per heavy atom. The molecule has 0 saturated heterocycles. The highest BCUT2D eigenvalue weighted by atomic mass is 32.2. The molecule has 28 heavy (non-hydrogen) atoms. The standard InChI is InChI=1S/C18H21FN4O3S2/c1-4-22(5-2)28(24,25)15-7-9-17-20-21-18(23(17)11-15)27-12-13-10-14(19)6-8-16(13)26-3/h6-11H,4-5,12H2,1-3H3. The third-order valence-electron chi connectivity index (χ3n) is 4.29. The number of thioether (sulfide) groups is 1. The molecule has 0 aliphatic carbocycles. The van der Waals surface area contributed by atoms with E-state index in [2.05, 4.69) is 10.2 Å². The minimum atomic E-state index is -3.59. The summed E-state index contributed by atoms with van der Waals surface area (Å²) in [6, 6.07) is 7.47. The van der Waals surface area contributed by atoms with Gasteiger partial charge in [-0.3, -0.25) is 4.40 Å². The summed E-state index contributed by atoms with van der Waals surface area (Å²) in [5.41, 5.74) is 1.21. The van der Waals surface area contributed by atoms with Gasteiger partial charge in [-0.15, -0.1) is 10.2 Å². The molecule has 0 saturated carbocycles. The number of fused-ring (bicyclic) bond motifs is 1. The molecule has 0 amide bonds. The summed E-state index contributed by atoms with van der Waals surface area (Å²) >= 11 is 1.32. The van der Waals surface area contributed by atoms with Crippen molar-refractivity contribution >= 4 is 27.4 Å². The van der Waals surface area contributed by atoms with Gasteiger partial charge in [0.25, 0.3) is 0 Å². The maximum Gasteiger partial charge on any atom is 0.244 e. The molecule has 7 nitrogen and oxygen atoms in total. The first-order chi connectivity index (χ1) is 13.4. The van der Waals surface area contributed by atoms with Crippen LogP contribution in [-0.2, 0) is 15.8 Å². The van der Waals surface area contributed by atoms with Gasteiger partial charge in [-0.25, -0.2) is 12.8 Å². The maximum absolute atomic E-state index is 13.6. The number of benzene rings is 1. The monoisotopic (exact) mass is 424 g/mol. The molecule has 2 aromatic heterocycles.